The molecule has 0 spiro atoms. The van der Waals surface area contributed by atoms with Crippen molar-refractivity contribution in [3.05, 3.63) is 40.9 Å². The molecule has 2 rings (SSSR count). The van der Waals surface area contributed by atoms with Gasteiger partial charge in [0.2, 0.25) is 10.0 Å². The summed E-state index contributed by atoms with van der Waals surface area (Å²) in [6.07, 6.45) is 0. The van der Waals surface area contributed by atoms with Crippen LogP contribution in [0.15, 0.2) is 45.8 Å². The highest BCUT2D eigenvalue weighted by Gasteiger charge is 2.11. The van der Waals surface area contributed by atoms with Crippen LogP contribution in [0.2, 0.25) is 0 Å². The number of nitrogens with one attached hydrogen (secondary N) is 1. The van der Waals surface area contributed by atoms with Gasteiger partial charge in [-0.3, -0.25) is 0 Å². The topological polar surface area (TPSA) is 46.2 Å². The van der Waals surface area contributed by atoms with Crippen LogP contribution in [0.3, 0.4) is 0 Å². The van der Waals surface area contributed by atoms with Crippen molar-refractivity contribution in [1.29, 1.82) is 0 Å². The molecular formula is C11H10BrNO2S. The Morgan fingerprint density at radius 2 is 1.94 bits per heavy atom. The van der Waals surface area contributed by atoms with Crippen molar-refractivity contribution in [1.82, 2.24) is 4.72 Å². The maximum absolute atomic E-state index is 11.6. The van der Waals surface area contributed by atoms with Crippen molar-refractivity contribution >= 4 is 36.7 Å². The minimum Gasteiger partial charge on any atom is -0.214 e. The smallest absolute Gasteiger partial charge is 0.214 e. The Labute approximate surface area is 103 Å². The largest absolute Gasteiger partial charge is 0.240 e. The van der Waals surface area contributed by atoms with E-state index in [9.17, 15) is 8.42 Å². The Bertz CT molecular complexity index is 637. The van der Waals surface area contributed by atoms with Crippen LogP contribution in [0.25, 0.3) is 10.8 Å². The molecule has 5 heteroatoms. The van der Waals surface area contributed by atoms with Crippen molar-refractivity contribution in [2.24, 2.45) is 0 Å². The normalized spacial score (nSPS) is 11.9. The molecule has 1 N–H and O–H groups in total. The Balaban J connectivity index is 2.71. The summed E-state index contributed by atoms with van der Waals surface area (Å²) in [5.41, 5.74) is 0. The first-order valence-electron chi connectivity index (χ1n) is 4.66. The lowest BCUT2D eigenvalue weighted by atomic mass is 10.1. The van der Waals surface area contributed by atoms with Crippen molar-refractivity contribution in [2.75, 3.05) is 7.05 Å². The van der Waals surface area contributed by atoms with E-state index in [4.69, 9.17) is 0 Å². The van der Waals surface area contributed by atoms with E-state index in [0.717, 1.165) is 15.2 Å². The highest BCUT2D eigenvalue weighted by atomic mass is 79.9. The van der Waals surface area contributed by atoms with Crippen molar-refractivity contribution < 1.29 is 8.42 Å². The lowest BCUT2D eigenvalue weighted by Crippen LogP contribution is -2.18. The summed E-state index contributed by atoms with van der Waals surface area (Å²) in [5.74, 6) is 0. The summed E-state index contributed by atoms with van der Waals surface area (Å²) in [5, 5.41) is 1.89. The molecule has 0 radical (unpaired) electrons. The molecule has 16 heavy (non-hydrogen) atoms. The van der Waals surface area contributed by atoms with Crippen LogP contribution in [0.1, 0.15) is 0 Å². The Morgan fingerprint density at radius 1 is 1.19 bits per heavy atom. The molecule has 0 bridgehead atoms. The van der Waals surface area contributed by atoms with Crippen LogP contribution in [0.5, 0.6) is 0 Å². The molecule has 3 nitrogen and oxygen atoms in total. The molecule has 0 saturated carbocycles. The maximum Gasteiger partial charge on any atom is 0.240 e. The second-order valence-electron chi connectivity index (χ2n) is 3.33. The van der Waals surface area contributed by atoms with Gasteiger partial charge >= 0.3 is 0 Å². The molecular weight excluding hydrogens is 290 g/mol. The number of halogens is 1. The van der Waals surface area contributed by atoms with Crippen LogP contribution in [-0.4, -0.2) is 15.5 Å². The van der Waals surface area contributed by atoms with Gasteiger partial charge in [-0.25, -0.2) is 13.1 Å². The lowest BCUT2D eigenvalue weighted by Gasteiger charge is -2.05. The molecule has 0 aliphatic carbocycles. The van der Waals surface area contributed by atoms with Crippen molar-refractivity contribution in [2.45, 2.75) is 4.90 Å². The van der Waals surface area contributed by atoms with E-state index >= 15 is 0 Å². The average Bonchev–Trinajstić information content (AvgIpc) is 2.29. The van der Waals surface area contributed by atoms with Crippen molar-refractivity contribution in [3.63, 3.8) is 0 Å². The molecule has 0 aliphatic heterocycles. The molecule has 84 valence electrons. The Hall–Kier alpha value is -0.910. The van der Waals surface area contributed by atoms with E-state index in [1.807, 2.05) is 18.2 Å². The molecule has 0 aliphatic rings. The van der Waals surface area contributed by atoms with Gasteiger partial charge in [-0.2, -0.15) is 0 Å². The van der Waals surface area contributed by atoms with Crippen LogP contribution < -0.4 is 4.72 Å². The first-order valence-corrected chi connectivity index (χ1v) is 6.94. The molecule has 0 amide bonds. The number of sulfonamides is 1. The fourth-order valence-electron chi connectivity index (χ4n) is 1.51. The summed E-state index contributed by atoms with van der Waals surface area (Å²) in [4.78, 5) is 0.278. The van der Waals surface area contributed by atoms with E-state index in [2.05, 4.69) is 20.7 Å². The van der Waals surface area contributed by atoms with Crippen LogP contribution in [0, 0.1) is 0 Å². The first kappa shape index (κ1) is 11.6. The summed E-state index contributed by atoms with van der Waals surface area (Å²) < 4.78 is 26.5. The maximum atomic E-state index is 11.6. The SMILES string of the molecule is CNS(=O)(=O)c1ccc2c(Br)cccc2c1. The summed E-state index contributed by atoms with van der Waals surface area (Å²) >= 11 is 3.42. The third kappa shape index (κ3) is 1.98. The third-order valence-corrected chi connectivity index (χ3v) is 4.48. The molecule has 0 unspecified atom stereocenters. The van der Waals surface area contributed by atoms with Gasteiger partial charge in [0.15, 0.2) is 0 Å². The third-order valence-electron chi connectivity index (χ3n) is 2.38. The second kappa shape index (κ2) is 4.16. The highest BCUT2D eigenvalue weighted by Crippen LogP contribution is 2.25. The Morgan fingerprint density at radius 3 is 2.62 bits per heavy atom. The van der Waals surface area contributed by atoms with E-state index < -0.39 is 10.0 Å². The number of rotatable bonds is 2. The zero-order valence-electron chi connectivity index (χ0n) is 8.57. The number of hydrogen-bond donors (Lipinski definition) is 1. The monoisotopic (exact) mass is 299 g/mol. The van der Waals surface area contributed by atoms with E-state index in [1.165, 1.54) is 7.05 Å². The predicted molar refractivity (Wildman–Crippen MR) is 67.9 cm³/mol. The van der Waals surface area contributed by atoms with Gasteiger partial charge < -0.3 is 0 Å². The van der Waals surface area contributed by atoms with Gasteiger partial charge in [-0.15, -0.1) is 0 Å². The molecule has 0 fully saturated rings. The van der Waals surface area contributed by atoms with E-state index in [-0.39, 0.29) is 4.90 Å². The van der Waals surface area contributed by atoms with E-state index in [0.29, 0.717) is 0 Å². The van der Waals surface area contributed by atoms with Gasteiger partial charge in [-0.05, 0) is 36.0 Å². The summed E-state index contributed by atoms with van der Waals surface area (Å²) in [6, 6.07) is 10.7. The zero-order valence-corrected chi connectivity index (χ0v) is 11.0. The second-order valence-corrected chi connectivity index (χ2v) is 6.07. The van der Waals surface area contributed by atoms with E-state index in [1.54, 1.807) is 18.2 Å². The average molecular weight is 300 g/mol. The summed E-state index contributed by atoms with van der Waals surface area (Å²) in [7, 11) is -1.96. The predicted octanol–water partition coefficient (Wildman–Crippen LogP) is 2.51. The van der Waals surface area contributed by atoms with Gasteiger partial charge in [0, 0.05) is 4.47 Å². The highest BCUT2D eigenvalue weighted by molar-refractivity contribution is 9.10. The standard InChI is InChI=1S/C11H10BrNO2S/c1-13-16(14,15)9-5-6-10-8(7-9)3-2-4-11(10)12/h2-7,13H,1H3. The zero-order chi connectivity index (χ0) is 11.8. The fraction of sp³-hybridized carbons (Fsp3) is 0.0909. The lowest BCUT2D eigenvalue weighted by molar-refractivity contribution is 0.588. The molecule has 2 aromatic rings. The van der Waals surface area contributed by atoms with Crippen LogP contribution in [-0.2, 0) is 10.0 Å². The molecule has 0 atom stereocenters. The molecule has 0 aromatic heterocycles. The number of fused-ring (bicyclic) bond motifs is 1. The molecule has 0 saturated heterocycles. The van der Waals surface area contributed by atoms with Gasteiger partial charge in [0.1, 0.15) is 0 Å². The van der Waals surface area contributed by atoms with Crippen LogP contribution >= 0.6 is 15.9 Å². The van der Waals surface area contributed by atoms with Crippen molar-refractivity contribution in [3.8, 4) is 0 Å². The molecule has 2 aromatic carbocycles. The Kier molecular flexibility index (Phi) is 3.01. The minimum atomic E-state index is -3.37. The van der Waals surface area contributed by atoms with Gasteiger partial charge in [0.05, 0.1) is 4.90 Å². The van der Waals surface area contributed by atoms with Crippen LogP contribution in [0.4, 0.5) is 0 Å². The quantitative estimate of drug-likeness (QED) is 0.926. The number of benzene rings is 2. The number of hydrogen-bond acceptors (Lipinski definition) is 2. The van der Waals surface area contributed by atoms with Gasteiger partial charge in [-0.1, -0.05) is 34.1 Å². The van der Waals surface area contributed by atoms with Gasteiger partial charge in [0.25, 0.3) is 0 Å². The first-order chi connectivity index (χ1) is 7.54. The minimum absolute atomic E-state index is 0.278. The molecule has 0 heterocycles. The fourth-order valence-corrected chi connectivity index (χ4v) is 2.79. The summed E-state index contributed by atoms with van der Waals surface area (Å²) in [6.45, 7) is 0.